The van der Waals surface area contributed by atoms with Crippen LogP contribution in [0.5, 0.6) is 11.6 Å². The average molecular weight is 414 g/mol. The highest BCUT2D eigenvalue weighted by molar-refractivity contribution is 9.10. The first kappa shape index (κ1) is 17.7. The summed E-state index contributed by atoms with van der Waals surface area (Å²) in [4.78, 5) is 10.8. The minimum absolute atomic E-state index is 0.478. The van der Waals surface area contributed by atoms with E-state index in [1.807, 2.05) is 61.5 Å². The summed E-state index contributed by atoms with van der Waals surface area (Å²) in [5, 5.41) is 8.37. The number of halogens is 1. The Morgan fingerprint density at radius 3 is 2.58 bits per heavy atom. The van der Waals surface area contributed by atoms with Gasteiger partial charge in [0, 0.05) is 4.47 Å². The number of amides is 2. The van der Waals surface area contributed by atoms with Crippen LogP contribution in [-0.2, 0) is 0 Å². The molecule has 0 atom stereocenters. The number of carbonyl (C=O) groups is 1. The van der Waals surface area contributed by atoms with Crippen LogP contribution < -0.4 is 15.9 Å². The van der Waals surface area contributed by atoms with Gasteiger partial charge >= 0.3 is 6.03 Å². The average Bonchev–Trinajstić information content (AvgIpc) is 2.93. The maximum atomic E-state index is 10.8. The molecule has 0 spiro atoms. The van der Waals surface area contributed by atoms with Crippen LogP contribution in [0.25, 0.3) is 5.69 Å². The van der Waals surface area contributed by atoms with Gasteiger partial charge in [-0.25, -0.2) is 10.2 Å². The predicted molar refractivity (Wildman–Crippen MR) is 103 cm³/mol. The van der Waals surface area contributed by atoms with Gasteiger partial charge in [-0.1, -0.05) is 34.1 Å². The molecule has 132 valence electrons. The second kappa shape index (κ2) is 7.83. The number of hydrogen-bond acceptors (Lipinski definition) is 4. The zero-order valence-corrected chi connectivity index (χ0v) is 15.5. The normalized spacial score (nSPS) is 10.8. The molecule has 0 aliphatic carbocycles. The van der Waals surface area contributed by atoms with Crippen LogP contribution >= 0.6 is 15.9 Å². The number of aryl methyl sites for hydroxylation is 1. The monoisotopic (exact) mass is 413 g/mol. The highest BCUT2D eigenvalue weighted by Crippen LogP contribution is 2.30. The van der Waals surface area contributed by atoms with E-state index >= 15 is 0 Å². The lowest BCUT2D eigenvalue weighted by atomic mass is 10.2. The number of carbonyl (C=O) groups excluding carboxylic acids is 1. The topological polar surface area (TPSA) is 94.5 Å². The quantitative estimate of drug-likeness (QED) is 0.492. The van der Waals surface area contributed by atoms with Crippen molar-refractivity contribution in [3.8, 4) is 17.3 Å². The Bertz CT molecular complexity index is 936. The molecule has 3 rings (SSSR count). The highest BCUT2D eigenvalue weighted by Gasteiger charge is 2.17. The van der Waals surface area contributed by atoms with Gasteiger partial charge in [0.2, 0.25) is 5.88 Å². The fraction of sp³-hybridized carbons (Fsp3) is 0.0556. The molecular weight excluding hydrogens is 398 g/mol. The number of primary amides is 1. The summed E-state index contributed by atoms with van der Waals surface area (Å²) in [6, 6.07) is 16.3. The van der Waals surface area contributed by atoms with Gasteiger partial charge in [0.05, 0.1) is 23.2 Å². The highest BCUT2D eigenvalue weighted by atomic mass is 79.9. The van der Waals surface area contributed by atoms with Gasteiger partial charge < -0.3 is 10.5 Å². The van der Waals surface area contributed by atoms with E-state index in [0.717, 1.165) is 10.2 Å². The molecule has 2 amide bonds. The van der Waals surface area contributed by atoms with E-state index in [-0.39, 0.29) is 0 Å². The lowest BCUT2D eigenvalue weighted by Gasteiger charge is -2.10. The van der Waals surface area contributed by atoms with Crippen LogP contribution in [0.1, 0.15) is 11.3 Å². The van der Waals surface area contributed by atoms with E-state index in [2.05, 4.69) is 31.6 Å². The molecule has 0 aliphatic heterocycles. The molecule has 0 aliphatic rings. The molecule has 1 heterocycles. The van der Waals surface area contributed by atoms with Crippen molar-refractivity contribution in [3.63, 3.8) is 0 Å². The number of hydrazone groups is 1. The van der Waals surface area contributed by atoms with E-state index in [0.29, 0.717) is 22.9 Å². The van der Waals surface area contributed by atoms with Crippen molar-refractivity contribution in [2.24, 2.45) is 10.8 Å². The number of para-hydroxylation sites is 1. The number of rotatable bonds is 5. The van der Waals surface area contributed by atoms with Crippen molar-refractivity contribution in [1.29, 1.82) is 0 Å². The summed E-state index contributed by atoms with van der Waals surface area (Å²) in [5.41, 5.74) is 9.38. The molecule has 0 saturated heterocycles. The lowest BCUT2D eigenvalue weighted by Crippen LogP contribution is -2.24. The molecule has 0 radical (unpaired) electrons. The van der Waals surface area contributed by atoms with Crippen LogP contribution in [0.2, 0.25) is 0 Å². The lowest BCUT2D eigenvalue weighted by molar-refractivity contribution is 0.249. The van der Waals surface area contributed by atoms with E-state index in [9.17, 15) is 4.79 Å². The third kappa shape index (κ3) is 4.09. The Kier molecular flexibility index (Phi) is 5.33. The van der Waals surface area contributed by atoms with Crippen molar-refractivity contribution < 1.29 is 9.53 Å². The molecule has 0 bridgehead atoms. The Hall–Kier alpha value is -3.13. The van der Waals surface area contributed by atoms with E-state index < -0.39 is 6.03 Å². The number of urea groups is 1. The van der Waals surface area contributed by atoms with Crippen LogP contribution in [0, 0.1) is 6.92 Å². The Balaban J connectivity index is 2.05. The first-order valence-corrected chi connectivity index (χ1v) is 8.51. The largest absolute Gasteiger partial charge is 0.438 e. The number of nitrogens with zero attached hydrogens (tertiary/aromatic N) is 3. The minimum atomic E-state index is -0.746. The SMILES string of the molecule is Cc1nn(-c2ccccc2)c(Oc2ccc(Br)cc2)c1/C=N\NC(N)=O. The fourth-order valence-corrected chi connectivity index (χ4v) is 2.55. The van der Waals surface area contributed by atoms with Crippen molar-refractivity contribution >= 4 is 28.2 Å². The molecule has 3 aromatic rings. The molecule has 7 nitrogen and oxygen atoms in total. The molecule has 8 heteroatoms. The van der Waals surface area contributed by atoms with Gasteiger partial charge in [-0.3, -0.25) is 0 Å². The molecular formula is C18H16BrN5O2. The first-order valence-electron chi connectivity index (χ1n) is 7.71. The van der Waals surface area contributed by atoms with Crippen molar-refractivity contribution in [2.45, 2.75) is 6.92 Å². The first-order chi connectivity index (χ1) is 12.5. The molecule has 26 heavy (non-hydrogen) atoms. The Morgan fingerprint density at radius 1 is 1.23 bits per heavy atom. The van der Waals surface area contributed by atoms with Crippen LogP contribution in [0.15, 0.2) is 64.2 Å². The molecule has 1 aromatic heterocycles. The van der Waals surface area contributed by atoms with Crippen molar-refractivity contribution in [3.05, 3.63) is 70.3 Å². The standard InChI is InChI=1S/C18H16BrN5O2/c1-12-16(11-21-22-18(20)25)17(26-15-9-7-13(19)8-10-15)24(23-12)14-5-3-2-4-6-14/h2-11H,1H3,(H3,20,22,25)/b21-11-. The smallest absolute Gasteiger partial charge is 0.332 e. The molecule has 0 fully saturated rings. The summed E-state index contributed by atoms with van der Waals surface area (Å²) in [5.74, 6) is 1.12. The molecule has 0 saturated carbocycles. The second-order valence-corrected chi connectivity index (χ2v) is 6.26. The zero-order valence-electron chi connectivity index (χ0n) is 13.9. The maximum Gasteiger partial charge on any atom is 0.332 e. The van der Waals surface area contributed by atoms with Gasteiger partial charge in [0.25, 0.3) is 0 Å². The number of aromatic nitrogens is 2. The molecule has 0 unspecified atom stereocenters. The van der Waals surface area contributed by atoms with Gasteiger partial charge in [-0.15, -0.1) is 0 Å². The molecule has 3 N–H and O–H groups in total. The second-order valence-electron chi connectivity index (χ2n) is 5.34. The van der Waals surface area contributed by atoms with Crippen molar-refractivity contribution in [1.82, 2.24) is 15.2 Å². The number of nitrogens with two attached hydrogens (primary N) is 1. The summed E-state index contributed by atoms with van der Waals surface area (Å²) in [6.45, 7) is 1.83. The minimum Gasteiger partial charge on any atom is -0.438 e. The van der Waals surface area contributed by atoms with Gasteiger partial charge in [0.1, 0.15) is 5.75 Å². The third-order valence-corrected chi connectivity index (χ3v) is 3.99. The van der Waals surface area contributed by atoms with E-state index in [1.165, 1.54) is 6.21 Å². The fourth-order valence-electron chi connectivity index (χ4n) is 2.28. The number of nitrogens with one attached hydrogen (secondary N) is 1. The summed E-state index contributed by atoms with van der Waals surface area (Å²) >= 11 is 3.40. The number of hydrogen-bond donors (Lipinski definition) is 2. The third-order valence-electron chi connectivity index (χ3n) is 3.46. The summed E-state index contributed by atoms with van der Waals surface area (Å²) in [6.07, 6.45) is 1.46. The van der Waals surface area contributed by atoms with Crippen molar-refractivity contribution in [2.75, 3.05) is 0 Å². The summed E-state index contributed by atoms with van der Waals surface area (Å²) in [7, 11) is 0. The Labute approximate surface area is 158 Å². The van der Waals surface area contributed by atoms with Crippen LogP contribution in [0.4, 0.5) is 4.79 Å². The predicted octanol–water partition coefficient (Wildman–Crippen LogP) is 3.74. The van der Waals surface area contributed by atoms with Gasteiger partial charge in [-0.05, 0) is 43.3 Å². The Morgan fingerprint density at radius 2 is 1.92 bits per heavy atom. The number of ether oxygens (including phenoxy) is 1. The van der Waals surface area contributed by atoms with Crippen LogP contribution in [0.3, 0.4) is 0 Å². The van der Waals surface area contributed by atoms with Gasteiger partial charge in [-0.2, -0.15) is 14.9 Å². The number of benzene rings is 2. The van der Waals surface area contributed by atoms with Crippen LogP contribution in [-0.4, -0.2) is 22.0 Å². The zero-order chi connectivity index (χ0) is 18.5. The summed E-state index contributed by atoms with van der Waals surface area (Å²) < 4.78 is 8.71. The van der Waals surface area contributed by atoms with E-state index in [4.69, 9.17) is 10.5 Å². The maximum absolute atomic E-state index is 10.8. The van der Waals surface area contributed by atoms with E-state index in [1.54, 1.807) is 4.68 Å². The molecule has 2 aromatic carbocycles. The van der Waals surface area contributed by atoms with Gasteiger partial charge in [0.15, 0.2) is 0 Å².